The molecule has 2 aromatic carbocycles. The molecule has 1 saturated heterocycles. The molecule has 2 aromatic rings. The molecule has 164 valence electrons. The van der Waals surface area contributed by atoms with Crippen molar-refractivity contribution >= 4 is 34.7 Å². The van der Waals surface area contributed by atoms with Gasteiger partial charge in [0.2, 0.25) is 5.43 Å². The van der Waals surface area contributed by atoms with Crippen LogP contribution in [0.1, 0.15) is 0 Å². The van der Waals surface area contributed by atoms with E-state index in [0.717, 1.165) is 23.1 Å². The molecule has 12 heteroatoms. The number of hydrogen-bond donors (Lipinski definition) is 3. The lowest BCUT2D eigenvalue weighted by Gasteiger charge is -2.16. The third-order valence-corrected chi connectivity index (χ3v) is 4.29. The first-order chi connectivity index (χ1) is 14.7. The van der Waals surface area contributed by atoms with E-state index in [4.69, 9.17) is 10.5 Å². The Balaban J connectivity index is 1.79. The van der Waals surface area contributed by atoms with Gasteiger partial charge in [-0.25, -0.2) is 13.6 Å². The van der Waals surface area contributed by atoms with E-state index in [0.29, 0.717) is 0 Å². The molecule has 3 rings (SSSR count). The van der Waals surface area contributed by atoms with E-state index in [1.807, 2.05) is 5.32 Å². The lowest BCUT2D eigenvalue weighted by molar-refractivity contribution is -0.132. The van der Waals surface area contributed by atoms with Crippen LogP contribution < -0.4 is 26.7 Å². The molecule has 2 amide bonds. The Morgan fingerprint density at radius 1 is 1.19 bits per heavy atom. The van der Waals surface area contributed by atoms with Crippen LogP contribution in [0.3, 0.4) is 0 Å². The van der Waals surface area contributed by atoms with E-state index in [1.165, 1.54) is 18.2 Å². The maximum absolute atomic E-state index is 14.6. The molecule has 1 aliphatic rings. The van der Waals surface area contributed by atoms with Crippen molar-refractivity contribution in [3.63, 3.8) is 0 Å². The fourth-order valence-corrected chi connectivity index (χ4v) is 2.82. The maximum Gasteiger partial charge on any atom is 0.414 e. The number of hydrogen-bond acceptors (Lipinski definition) is 6. The van der Waals surface area contributed by atoms with Gasteiger partial charge in [-0.15, -0.1) is 0 Å². The molecule has 1 atom stereocenters. The van der Waals surface area contributed by atoms with Gasteiger partial charge in [0.25, 0.3) is 5.91 Å². The number of cyclic esters (lactones) is 1. The second-order valence-electron chi connectivity index (χ2n) is 6.52. The van der Waals surface area contributed by atoms with Crippen molar-refractivity contribution in [1.29, 1.82) is 0 Å². The minimum absolute atomic E-state index is 0.163. The number of halogens is 4. The largest absolute Gasteiger partial charge is 0.442 e. The highest BCUT2D eigenvalue weighted by molar-refractivity contribution is 5.90. The van der Waals surface area contributed by atoms with Crippen LogP contribution in [0.2, 0.25) is 0 Å². The third-order valence-electron chi connectivity index (χ3n) is 4.29. The molecule has 4 N–H and O–H groups in total. The van der Waals surface area contributed by atoms with Crippen LogP contribution in [-0.4, -0.2) is 37.6 Å². The van der Waals surface area contributed by atoms with Crippen molar-refractivity contribution in [3.05, 3.63) is 58.3 Å². The zero-order valence-electron chi connectivity index (χ0n) is 15.7. The Hall–Kier alpha value is -3.83. The standard InChI is InChI=1S/C19H16F4N4O4/c20-12-5-10(27-8-11(31-19(27)30)7-25-18(29)17(22)23)6-13(21)16(12)26-14-4-9(24)2-1-3-15(14)28/h1-6,11,17H,7-8,24H2,(H,25,29)(H,26,28). The van der Waals surface area contributed by atoms with Gasteiger partial charge in [0.1, 0.15) is 11.8 Å². The van der Waals surface area contributed by atoms with Crippen LogP contribution in [0, 0.1) is 11.6 Å². The summed E-state index contributed by atoms with van der Waals surface area (Å²) in [6.07, 6.45) is -5.19. The number of alkyl halides is 2. The van der Waals surface area contributed by atoms with Crippen molar-refractivity contribution in [2.24, 2.45) is 0 Å². The van der Waals surface area contributed by atoms with Gasteiger partial charge in [-0.1, -0.05) is 6.07 Å². The number of benzene rings is 1. The summed E-state index contributed by atoms with van der Waals surface area (Å²) in [4.78, 5) is 35.8. The summed E-state index contributed by atoms with van der Waals surface area (Å²) in [5.74, 6) is -3.75. The van der Waals surface area contributed by atoms with Gasteiger partial charge in [0.15, 0.2) is 11.6 Å². The van der Waals surface area contributed by atoms with Gasteiger partial charge in [-0.05, 0) is 18.2 Å². The van der Waals surface area contributed by atoms with Crippen LogP contribution in [0.25, 0.3) is 0 Å². The third kappa shape index (κ3) is 5.02. The first-order valence-electron chi connectivity index (χ1n) is 8.85. The number of carbonyl (C=O) groups is 2. The molecule has 1 unspecified atom stereocenters. The van der Waals surface area contributed by atoms with Gasteiger partial charge < -0.3 is 21.1 Å². The number of nitrogens with two attached hydrogens (primary N) is 1. The molecule has 1 fully saturated rings. The van der Waals surface area contributed by atoms with E-state index >= 15 is 0 Å². The van der Waals surface area contributed by atoms with E-state index < -0.39 is 53.8 Å². The van der Waals surface area contributed by atoms with Crippen molar-refractivity contribution in [2.75, 3.05) is 29.0 Å². The summed E-state index contributed by atoms with van der Waals surface area (Å²) in [5, 5.41) is 4.25. The van der Waals surface area contributed by atoms with Gasteiger partial charge in [-0.2, -0.15) is 8.78 Å². The Morgan fingerprint density at radius 2 is 1.87 bits per heavy atom. The lowest BCUT2D eigenvalue weighted by Crippen LogP contribution is -2.37. The molecule has 0 aromatic heterocycles. The van der Waals surface area contributed by atoms with Crippen LogP contribution in [-0.2, 0) is 9.53 Å². The quantitative estimate of drug-likeness (QED) is 0.595. The van der Waals surface area contributed by atoms with E-state index in [2.05, 4.69) is 5.32 Å². The molecule has 0 spiro atoms. The molecular formula is C19H16F4N4O4. The molecule has 8 nitrogen and oxygen atoms in total. The highest BCUT2D eigenvalue weighted by Gasteiger charge is 2.34. The fourth-order valence-electron chi connectivity index (χ4n) is 2.82. The molecule has 31 heavy (non-hydrogen) atoms. The molecule has 0 radical (unpaired) electrons. The second-order valence-corrected chi connectivity index (χ2v) is 6.52. The Labute approximate surface area is 172 Å². The number of ether oxygens (including phenoxy) is 1. The molecule has 0 saturated carbocycles. The van der Waals surface area contributed by atoms with E-state index in [9.17, 15) is 31.9 Å². The minimum atomic E-state index is -3.23. The van der Waals surface area contributed by atoms with Gasteiger partial charge in [0.05, 0.1) is 24.5 Å². The molecule has 0 aliphatic carbocycles. The average Bonchev–Trinajstić information content (AvgIpc) is 2.99. The average molecular weight is 440 g/mol. The molecular weight excluding hydrogens is 424 g/mol. The summed E-state index contributed by atoms with van der Waals surface area (Å²) in [5.41, 5.74) is 4.27. The van der Waals surface area contributed by atoms with Crippen molar-refractivity contribution in [1.82, 2.24) is 5.32 Å². The molecule has 1 aliphatic heterocycles. The van der Waals surface area contributed by atoms with Gasteiger partial charge in [-0.3, -0.25) is 14.5 Å². The Bertz CT molecular complexity index is 1060. The number of nitrogen functional groups attached to an aromatic ring is 1. The predicted octanol–water partition coefficient (Wildman–Crippen LogP) is 2.36. The highest BCUT2D eigenvalue weighted by atomic mass is 19.3. The van der Waals surface area contributed by atoms with Crippen LogP contribution in [0.4, 0.5) is 45.1 Å². The SMILES string of the molecule is Nc1cccc(=O)c(Nc2c(F)cc(N3CC(CNC(=O)C(F)F)OC3=O)cc2F)c1. The van der Waals surface area contributed by atoms with Crippen LogP contribution in [0.15, 0.2) is 41.2 Å². The fraction of sp³-hybridized carbons (Fsp3) is 0.211. The minimum Gasteiger partial charge on any atom is -0.442 e. The van der Waals surface area contributed by atoms with E-state index in [-0.39, 0.29) is 23.6 Å². The van der Waals surface area contributed by atoms with Crippen LogP contribution in [0.5, 0.6) is 0 Å². The smallest absolute Gasteiger partial charge is 0.414 e. The zero-order valence-corrected chi connectivity index (χ0v) is 15.7. The van der Waals surface area contributed by atoms with Gasteiger partial charge in [0, 0.05) is 17.8 Å². The summed E-state index contributed by atoms with van der Waals surface area (Å²) in [7, 11) is 0. The lowest BCUT2D eigenvalue weighted by atomic mass is 10.2. The number of amides is 2. The van der Waals surface area contributed by atoms with Crippen LogP contribution >= 0.6 is 0 Å². The summed E-state index contributed by atoms with van der Waals surface area (Å²) < 4.78 is 58.5. The summed E-state index contributed by atoms with van der Waals surface area (Å²) in [6.45, 7) is -0.626. The number of anilines is 4. The monoisotopic (exact) mass is 440 g/mol. The summed E-state index contributed by atoms with van der Waals surface area (Å²) in [6, 6.07) is 6.87. The predicted molar refractivity (Wildman–Crippen MR) is 103 cm³/mol. The number of carbonyl (C=O) groups excluding carboxylic acids is 2. The summed E-state index contributed by atoms with van der Waals surface area (Å²) >= 11 is 0. The molecule has 0 bridgehead atoms. The first-order valence-corrected chi connectivity index (χ1v) is 8.85. The number of nitrogens with zero attached hydrogens (tertiary/aromatic N) is 1. The molecule has 1 heterocycles. The van der Waals surface area contributed by atoms with E-state index in [1.54, 1.807) is 0 Å². The number of nitrogens with one attached hydrogen (secondary N) is 2. The van der Waals surface area contributed by atoms with Crippen molar-refractivity contribution in [2.45, 2.75) is 12.5 Å². The first kappa shape index (κ1) is 21.9. The maximum atomic E-state index is 14.6. The van der Waals surface area contributed by atoms with Crippen molar-refractivity contribution in [3.8, 4) is 0 Å². The zero-order chi connectivity index (χ0) is 22.7. The van der Waals surface area contributed by atoms with Crippen molar-refractivity contribution < 1.29 is 31.9 Å². The topological polar surface area (TPSA) is 114 Å². The Morgan fingerprint density at radius 3 is 2.52 bits per heavy atom. The highest BCUT2D eigenvalue weighted by Crippen LogP contribution is 2.30. The Kier molecular flexibility index (Phi) is 6.28. The van der Waals surface area contributed by atoms with Gasteiger partial charge >= 0.3 is 12.5 Å². The number of rotatable bonds is 6. The second kappa shape index (κ2) is 8.90. The normalized spacial score (nSPS) is 15.7.